The van der Waals surface area contributed by atoms with Crippen molar-refractivity contribution in [2.24, 2.45) is 0 Å². The lowest BCUT2D eigenvalue weighted by Crippen LogP contribution is -2.28. The number of carbonyl (C=O) groups is 2. The minimum absolute atomic E-state index is 0.149. The van der Waals surface area contributed by atoms with Gasteiger partial charge in [-0.1, -0.05) is 35.9 Å². The Balaban J connectivity index is 1.44. The molecule has 2 aromatic carbocycles. The van der Waals surface area contributed by atoms with Gasteiger partial charge in [0.2, 0.25) is 11.8 Å². The van der Waals surface area contributed by atoms with Crippen molar-refractivity contribution in [3.05, 3.63) is 70.7 Å². The molecule has 0 bridgehead atoms. The van der Waals surface area contributed by atoms with Gasteiger partial charge in [0.1, 0.15) is 0 Å². The highest BCUT2D eigenvalue weighted by Gasteiger charge is 2.30. The summed E-state index contributed by atoms with van der Waals surface area (Å²) in [7, 11) is 0. The first-order valence-corrected chi connectivity index (χ1v) is 9.96. The molecule has 0 aliphatic carbocycles. The third-order valence-electron chi connectivity index (χ3n) is 4.31. The molecule has 2 heterocycles. The molecule has 0 radical (unpaired) electrons. The van der Waals surface area contributed by atoms with Crippen molar-refractivity contribution in [2.45, 2.75) is 12.8 Å². The smallest absolute Gasteiger partial charge is 0.234 e. The standard InChI is InChI=1S/C21H16ClN3O2S/c22-16-3-1-2-14(12-16)10-11-23-21-24-18(13-28-21)15-4-6-17(7-5-15)25-19(26)8-9-20(25)27/h1-7,10-13H,8-9H2,(H,23,24)/b11-10-. The van der Waals surface area contributed by atoms with Crippen LogP contribution in [0.4, 0.5) is 10.8 Å². The second-order valence-corrected chi connectivity index (χ2v) is 7.53. The van der Waals surface area contributed by atoms with E-state index in [-0.39, 0.29) is 24.7 Å². The third kappa shape index (κ3) is 3.98. The van der Waals surface area contributed by atoms with E-state index in [4.69, 9.17) is 11.6 Å². The Hall–Kier alpha value is -2.96. The van der Waals surface area contributed by atoms with Crippen LogP contribution in [-0.2, 0) is 9.59 Å². The number of aromatic nitrogens is 1. The average Bonchev–Trinajstić information content (AvgIpc) is 3.29. The van der Waals surface area contributed by atoms with Crippen LogP contribution in [0.25, 0.3) is 17.3 Å². The summed E-state index contributed by atoms with van der Waals surface area (Å²) in [6.07, 6.45) is 4.31. The van der Waals surface area contributed by atoms with Gasteiger partial charge in [-0.3, -0.25) is 14.5 Å². The van der Waals surface area contributed by atoms with E-state index in [1.807, 2.05) is 54.1 Å². The van der Waals surface area contributed by atoms with E-state index < -0.39 is 0 Å². The minimum atomic E-state index is -0.149. The summed E-state index contributed by atoms with van der Waals surface area (Å²) in [5.74, 6) is -0.297. The monoisotopic (exact) mass is 409 g/mol. The zero-order valence-corrected chi connectivity index (χ0v) is 16.3. The first kappa shape index (κ1) is 18.4. The normalized spacial score (nSPS) is 14.2. The van der Waals surface area contributed by atoms with Gasteiger partial charge >= 0.3 is 0 Å². The van der Waals surface area contributed by atoms with Crippen molar-refractivity contribution in [1.29, 1.82) is 0 Å². The van der Waals surface area contributed by atoms with Crippen molar-refractivity contribution in [3.63, 3.8) is 0 Å². The number of imide groups is 1. The first-order chi connectivity index (χ1) is 13.6. The Morgan fingerprint density at radius 1 is 1.07 bits per heavy atom. The van der Waals surface area contributed by atoms with Crippen LogP contribution in [-0.4, -0.2) is 16.8 Å². The van der Waals surface area contributed by atoms with Gasteiger partial charge in [0.15, 0.2) is 5.13 Å². The SMILES string of the molecule is O=C1CCC(=O)N1c1ccc(-c2csc(N/C=C\c3cccc(Cl)c3)n2)cc1. The summed E-state index contributed by atoms with van der Waals surface area (Å²) >= 11 is 7.47. The van der Waals surface area contributed by atoms with Crippen LogP contribution < -0.4 is 10.2 Å². The number of nitrogens with zero attached hydrogens (tertiary/aromatic N) is 2. The largest absolute Gasteiger partial charge is 0.338 e. The quantitative estimate of drug-likeness (QED) is 0.588. The second kappa shape index (κ2) is 7.96. The number of benzene rings is 2. The number of halogens is 1. The molecule has 0 spiro atoms. The molecule has 1 N–H and O–H groups in total. The summed E-state index contributed by atoms with van der Waals surface area (Å²) in [6.45, 7) is 0. The molecule has 140 valence electrons. The number of hydrogen-bond acceptors (Lipinski definition) is 5. The zero-order chi connectivity index (χ0) is 19.5. The van der Waals surface area contributed by atoms with Crippen LogP contribution in [0.5, 0.6) is 0 Å². The summed E-state index contributed by atoms with van der Waals surface area (Å²) < 4.78 is 0. The van der Waals surface area contributed by atoms with E-state index in [1.165, 1.54) is 16.2 Å². The van der Waals surface area contributed by atoms with Gasteiger partial charge in [-0.25, -0.2) is 4.98 Å². The number of hydrogen-bond donors (Lipinski definition) is 1. The Kier molecular flexibility index (Phi) is 5.23. The molecule has 0 saturated carbocycles. The molecule has 4 rings (SSSR count). The van der Waals surface area contributed by atoms with Crippen molar-refractivity contribution >= 4 is 51.6 Å². The molecule has 0 unspecified atom stereocenters. The van der Waals surface area contributed by atoms with Crippen LogP contribution in [0.1, 0.15) is 18.4 Å². The van der Waals surface area contributed by atoms with E-state index >= 15 is 0 Å². The summed E-state index contributed by atoms with van der Waals surface area (Å²) in [4.78, 5) is 29.5. The van der Waals surface area contributed by atoms with Gasteiger partial charge < -0.3 is 5.32 Å². The van der Waals surface area contributed by atoms with Crippen LogP contribution >= 0.6 is 22.9 Å². The minimum Gasteiger partial charge on any atom is -0.338 e. The van der Waals surface area contributed by atoms with Gasteiger partial charge in [-0.15, -0.1) is 11.3 Å². The molecule has 1 aliphatic heterocycles. The van der Waals surface area contributed by atoms with E-state index in [2.05, 4.69) is 10.3 Å². The molecule has 2 amide bonds. The summed E-state index contributed by atoms with van der Waals surface area (Å²) in [5.41, 5.74) is 3.35. The van der Waals surface area contributed by atoms with Crippen LogP contribution in [0.2, 0.25) is 5.02 Å². The molecular weight excluding hydrogens is 394 g/mol. The number of thiazole rings is 1. The maximum absolute atomic E-state index is 11.8. The van der Waals surface area contributed by atoms with Crippen LogP contribution in [0.3, 0.4) is 0 Å². The Morgan fingerprint density at radius 3 is 2.54 bits per heavy atom. The molecule has 28 heavy (non-hydrogen) atoms. The Labute approximate surface area is 171 Å². The van der Waals surface area contributed by atoms with Crippen LogP contribution in [0, 0.1) is 0 Å². The topological polar surface area (TPSA) is 62.3 Å². The predicted octanol–water partition coefficient (Wildman–Crippen LogP) is 5.20. The van der Waals surface area contributed by atoms with E-state index in [1.54, 1.807) is 12.1 Å². The van der Waals surface area contributed by atoms with E-state index in [9.17, 15) is 9.59 Å². The highest BCUT2D eigenvalue weighted by atomic mass is 35.5. The lowest BCUT2D eigenvalue weighted by Gasteiger charge is -2.13. The van der Waals surface area contributed by atoms with Crippen molar-refractivity contribution in [3.8, 4) is 11.3 Å². The number of rotatable bonds is 5. The van der Waals surface area contributed by atoms with Crippen molar-refractivity contribution in [2.75, 3.05) is 10.2 Å². The number of carbonyl (C=O) groups excluding carboxylic acids is 2. The maximum Gasteiger partial charge on any atom is 0.234 e. The molecule has 3 aromatic rings. The predicted molar refractivity (Wildman–Crippen MR) is 113 cm³/mol. The van der Waals surface area contributed by atoms with Crippen molar-refractivity contribution in [1.82, 2.24) is 4.98 Å². The van der Waals surface area contributed by atoms with E-state index in [0.29, 0.717) is 10.7 Å². The van der Waals surface area contributed by atoms with Gasteiger partial charge in [0.05, 0.1) is 11.4 Å². The van der Waals surface area contributed by atoms with Crippen molar-refractivity contribution < 1.29 is 9.59 Å². The fraction of sp³-hybridized carbons (Fsp3) is 0.0952. The van der Waals surface area contributed by atoms with Gasteiger partial charge in [-0.2, -0.15) is 0 Å². The summed E-state index contributed by atoms with van der Waals surface area (Å²) in [5, 5.41) is 6.57. The van der Waals surface area contributed by atoms with Crippen LogP contribution in [0.15, 0.2) is 60.1 Å². The molecule has 5 nitrogen and oxygen atoms in total. The zero-order valence-electron chi connectivity index (χ0n) is 14.8. The lowest BCUT2D eigenvalue weighted by atomic mass is 10.1. The number of nitrogens with one attached hydrogen (secondary N) is 1. The molecular formula is C21H16ClN3O2S. The number of amides is 2. The Morgan fingerprint density at radius 2 is 1.82 bits per heavy atom. The fourth-order valence-corrected chi connectivity index (χ4v) is 3.84. The molecule has 7 heteroatoms. The lowest BCUT2D eigenvalue weighted by molar-refractivity contribution is -0.121. The average molecular weight is 410 g/mol. The van der Waals surface area contributed by atoms with Gasteiger partial charge in [0, 0.05) is 35.0 Å². The highest BCUT2D eigenvalue weighted by molar-refractivity contribution is 7.14. The molecule has 1 fully saturated rings. The first-order valence-electron chi connectivity index (χ1n) is 8.70. The third-order valence-corrected chi connectivity index (χ3v) is 5.32. The van der Waals surface area contributed by atoms with Gasteiger partial charge in [0.25, 0.3) is 0 Å². The van der Waals surface area contributed by atoms with E-state index in [0.717, 1.165) is 22.0 Å². The second-order valence-electron chi connectivity index (χ2n) is 6.24. The maximum atomic E-state index is 11.8. The highest BCUT2D eigenvalue weighted by Crippen LogP contribution is 2.28. The molecule has 1 aromatic heterocycles. The summed E-state index contributed by atoms with van der Waals surface area (Å²) in [6, 6.07) is 14.9. The van der Waals surface area contributed by atoms with Gasteiger partial charge in [-0.05, 0) is 35.9 Å². The molecule has 0 atom stereocenters. The molecule has 1 aliphatic rings. The molecule has 1 saturated heterocycles. The Bertz CT molecular complexity index is 1040. The number of anilines is 2. The fourth-order valence-electron chi connectivity index (χ4n) is 2.94.